The highest BCUT2D eigenvalue weighted by Crippen LogP contribution is 2.25. The van der Waals surface area contributed by atoms with Crippen LogP contribution in [-0.4, -0.2) is 40.8 Å². The molecule has 1 heterocycles. The molecule has 4 rings (SSSR count). The van der Waals surface area contributed by atoms with Crippen molar-refractivity contribution in [2.75, 3.05) is 12.4 Å². The average molecular weight is 549 g/mol. The van der Waals surface area contributed by atoms with Gasteiger partial charge in [-0.2, -0.15) is 0 Å². The summed E-state index contributed by atoms with van der Waals surface area (Å²) in [5.74, 6) is 1.62. The summed E-state index contributed by atoms with van der Waals surface area (Å²) in [6, 6.07) is 13.9. The highest BCUT2D eigenvalue weighted by molar-refractivity contribution is 5.92. The number of imidazole rings is 1. The van der Waals surface area contributed by atoms with E-state index in [0.29, 0.717) is 24.6 Å². The molecule has 1 fully saturated rings. The predicted octanol–water partition coefficient (Wildman–Crippen LogP) is 6.85. The third-order valence-electron chi connectivity index (χ3n) is 7.47. The van der Waals surface area contributed by atoms with E-state index >= 15 is 0 Å². The normalized spacial score (nSPS) is 14.7. The number of ether oxygens (including phenoxy) is 2. The maximum atomic E-state index is 12.6. The van der Waals surface area contributed by atoms with Crippen LogP contribution in [0.25, 0.3) is 11.0 Å². The fraction of sp³-hybridized carbons (Fsp3) is 0.531. The molecule has 216 valence electrons. The van der Waals surface area contributed by atoms with Crippen LogP contribution in [0.4, 0.5) is 10.5 Å². The molecule has 8 nitrogen and oxygen atoms in total. The van der Waals surface area contributed by atoms with Crippen LogP contribution in [-0.2, 0) is 22.5 Å². The lowest BCUT2D eigenvalue weighted by Crippen LogP contribution is -2.38. The van der Waals surface area contributed by atoms with Crippen molar-refractivity contribution in [1.29, 1.82) is 0 Å². The van der Waals surface area contributed by atoms with Crippen molar-refractivity contribution < 1.29 is 19.1 Å². The number of nitrogens with zero attached hydrogens (tertiary/aromatic N) is 2. The Hall–Kier alpha value is -3.55. The van der Waals surface area contributed by atoms with Crippen molar-refractivity contribution in [2.24, 2.45) is 5.92 Å². The first kappa shape index (κ1) is 29.4. The van der Waals surface area contributed by atoms with Crippen molar-refractivity contribution in [3.05, 3.63) is 53.9 Å². The predicted molar refractivity (Wildman–Crippen MR) is 159 cm³/mol. The molecule has 0 bridgehead atoms. The topological polar surface area (TPSA) is 94.5 Å². The number of anilines is 1. The first-order valence-corrected chi connectivity index (χ1v) is 14.8. The van der Waals surface area contributed by atoms with E-state index in [4.69, 9.17) is 14.5 Å². The van der Waals surface area contributed by atoms with Crippen molar-refractivity contribution in [2.45, 2.75) is 97.2 Å². The highest BCUT2D eigenvalue weighted by atomic mass is 16.6. The van der Waals surface area contributed by atoms with Crippen LogP contribution in [0.5, 0.6) is 5.75 Å². The molecule has 1 aromatic heterocycles. The largest absolute Gasteiger partial charge is 0.479 e. The van der Waals surface area contributed by atoms with Gasteiger partial charge in [0.2, 0.25) is 0 Å². The van der Waals surface area contributed by atoms with Gasteiger partial charge in [0.15, 0.2) is 6.10 Å². The SMILES string of the molecule is CCCCc1nc2cc(NC(=O)NC3CCCCC3)ccc2n1Cc1ccc(OC(CC(C)C)C(=O)OC)cc1. The van der Waals surface area contributed by atoms with Crippen LogP contribution in [0.15, 0.2) is 42.5 Å². The smallest absolute Gasteiger partial charge is 0.347 e. The summed E-state index contributed by atoms with van der Waals surface area (Å²) >= 11 is 0. The molecule has 8 heteroatoms. The molecule has 1 atom stereocenters. The molecule has 0 radical (unpaired) electrons. The molecule has 40 heavy (non-hydrogen) atoms. The van der Waals surface area contributed by atoms with E-state index in [9.17, 15) is 9.59 Å². The Balaban J connectivity index is 1.48. The van der Waals surface area contributed by atoms with Crippen molar-refractivity contribution >= 4 is 28.7 Å². The van der Waals surface area contributed by atoms with Gasteiger partial charge in [0.25, 0.3) is 0 Å². The van der Waals surface area contributed by atoms with Crippen LogP contribution in [0.1, 0.15) is 83.5 Å². The molecule has 1 unspecified atom stereocenters. The van der Waals surface area contributed by atoms with E-state index in [2.05, 4.69) is 36.0 Å². The number of methoxy groups -OCH3 is 1. The number of carbonyl (C=O) groups is 2. The van der Waals surface area contributed by atoms with Gasteiger partial charge in [0, 0.05) is 24.7 Å². The number of benzene rings is 2. The van der Waals surface area contributed by atoms with Crippen LogP contribution in [0, 0.1) is 5.92 Å². The minimum atomic E-state index is -0.623. The van der Waals surface area contributed by atoms with Gasteiger partial charge < -0.3 is 24.7 Å². The van der Waals surface area contributed by atoms with Crippen LogP contribution in [0.2, 0.25) is 0 Å². The maximum absolute atomic E-state index is 12.6. The number of aromatic nitrogens is 2. The highest BCUT2D eigenvalue weighted by Gasteiger charge is 2.22. The summed E-state index contributed by atoms with van der Waals surface area (Å²) in [6.07, 6.45) is 8.70. The number of unbranched alkanes of at least 4 members (excludes halogenated alkanes) is 1. The van der Waals surface area contributed by atoms with E-state index in [1.54, 1.807) is 0 Å². The Morgan fingerprint density at radius 3 is 2.50 bits per heavy atom. The minimum absolute atomic E-state index is 0.151. The van der Waals surface area contributed by atoms with Crippen molar-refractivity contribution in [1.82, 2.24) is 14.9 Å². The van der Waals surface area contributed by atoms with E-state index in [0.717, 1.165) is 60.2 Å². The fourth-order valence-electron chi connectivity index (χ4n) is 5.33. The summed E-state index contributed by atoms with van der Waals surface area (Å²) in [6.45, 7) is 6.95. The van der Waals surface area contributed by atoms with Crippen molar-refractivity contribution in [3.8, 4) is 5.75 Å². The number of nitrogens with one attached hydrogen (secondary N) is 2. The molecule has 1 aliphatic rings. The molecular weight excluding hydrogens is 504 g/mol. The van der Waals surface area contributed by atoms with Gasteiger partial charge in [-0.15, -0.1) is 0 Å². The van der Waals surface area contributed by atoms with Gasteiger partial charge in [0.05, 0.1) is 18.1 Å². The summed E-state index contributed by atoms with van der Waals surface area (Å²) < 4.78 is 13.2. The first-order chi connectivity index (χ1) is 19.4. The Morgan fingerprint density at radius 2 is 1.82 bits per heavy atom. The summed E-state index contributed by atoms with van der Waals surface area (Å²) in [5.41, 5.74) is 3.76. The number of esters is 1. The zero-order chi connectivity index (χ0) is 28.5. The van der Waals surface area contributed by atoms with Crippen LogP contribution >= 0.6 is 0 Å². The van der Waals surface area contributed by atoms with Gasteiger partial charge in [-0.25, -0.2) is 14.6 Å². The number of amides is 2. The number of urea groups is 1. The molecular formula is C32H44N4O4. The number of hydrogen-bond acceptors (Lipinski definition) is 5. The molecule has 2 N–H and O–H groups in total. The first-order valence-electron chi connectivity index (χ1n) is 14.8. The Kier molecular flexibility index (Phi) is 10.4. The number of aryl methyl sites for hydroxylation is 1. The second kappa shape index (κ2) is 14.2. The van der Waals surface area contributed by atoms with Gasteiger partial charge in [0.1, 0.15) is 11.6 Å². The van der Waals surface area contributed by atoms with E-state index < -0.39 is 6.10 Å². The molecule has 0 spiro atoms. The molecule has 1 aliphatic carbocycles. The monoisotopic (exact) mass is 548 g/mol. The molecule has 0 saturated heterocycles. The molecule has 0 aliphatic heterocycles. The zero-order valence-corrected chi connectivity index (χ0v) is 24.4. The number of hydrogen-bond donors (Lipinski definition) is 2. The third kappa shape index (κ3) is 7.99. The number of fused-ring (bicyclic) bond motifs is 1. The van der Waals surface area contributed by atoms with Gasteiger partial charge >= 0.3 is 12.0 Å². The second-order valence-electron chi connectivity index (χ2n) is 11.3. The standard InChI is InChI=1S/C32H44N4O4/c1-5-6-12-30-35-27-20-25(34-32(38)33-24-10-8-7-9-11-24)15-18-28(27)36(30)21-23-13-16-26(17-14-23)40-29(19-22(2)3)31(37)39-4/h13-18,20,22,24,29H,5-12,19,21H2,1-4H3,(H2,33,34,38). The Bertz CT molecular complexity index is 1260. The number of rotatable bonds is 12. The van der Waals surface area contributed by atoms with E-state index in [1.165, 1.54) is 26.4 Å². The zero-order valence-electron chi connectivity index (χ0n) is 24.4. The summed E-state index contributed by atoms with van der Waals surface area (Å²) in [4.78, 5) is 29.7. The maximum Gasteiger partial charge on any atom is 0.347 e. The lowest BCUT2D eigenvalue weighted by molar-refractivity contribution is -0.149. The second-order valence-corrected chi connectivity index (χ2v) is 11.3. The Morgan fingerprint density at radius 1 is 1.07 bits per heavy atom. The van der Waals surface area contributed by atoms with Crippen molar-refractivity contribution in [3.63, 3.8) is 0 Å². The summed E-state index contributed by atoms with van der Waals surface area (Å²) in [7, 11) is 1.39. The molecule has 1 saturated carbocycles. The average Bonchev–Trinajstić information content (AvgIpc) is 3.28. The lowest BCUT2D eigenvalue weighted by atomic mass is 9.96. The van der Waals surface area contributed by atoms with Gasteiger partial charge in [-0.05, 0) is 67.5 Å². The third-order valence-corrected chi connectivity index (χ3v) is 7.47. The minimum Gasteiger partial charge on any atom is -0.479 e. The van der Waals surface area contributed by atoms with E-state index in [1.807, 2.05) is 42.5 Å². The molecule has 2 aromatic carbocycles. The van der Waals surface area contributed by atoms with Crippen LogP contribution < -0.4 is 15.4 Å². The van der Waals surface area contributed by atoms with Gasteiger partial charge in [-0.1, -0.05) is 58.6 Å². The van der Waals surface area contributed by atoms with Crippen LogP contribution in [0.3, 0.4) is 0 Å². The molecule has 3 aromatic rings. The quantitative estimate of drug-likeness (QED) is 0.242. The Labute approximate surface area is 237 Å². The van der Waals surface area contributed by atoms with Gasteiger partial charge in [-0.3, -0.25) is 0 Å². The summed E-state index contributed by atoms with van der Waals surface area (Å²) in [5, 5.41) is 6.12. The lowest BCUT2D eigenvalue weighted by Gasteiger charge is -2.22. The fourth-order valence-corrected chi connectivity index (χ4v) is 5.33. The molecule has 2 amide bonds. The number of carbonyl (C=O) groups excluding carboxylic acids is 2. The van der Waals surface area contributed by atoms with E-state index in [-0.39, 0.29) is 18.0 Å².